The van der Waals surface area contributed by atoms with E-state index in [9.17, 15) is 4.79 Å². The molecule has 0 bridgehead atoms. The molecule has 1 saturated heterocycles. The highest BCUT2D eigenvalue weighted by Crippen LogP contribution is 2.22. The fraction of sp³-hybridized carbons (Fsp3) is 0.538. The van der Waals surface area contributed by atoms with Crippen molar-refractivity contribution in [3.8, 4) is 0 Å². The van der Waals surface area contributed by atoms with E-state index in [2.05, 4.69) is 18.8 Å². The zero-order chi connectivity index (χ0) is 11.5. The molecule has 0 spiro atoms. The summed E-state index contributed by atoms with van der Waals surface area (Å²) < 4.78 is 0. The van der Waals surface area contributed by atoms with Gasteiger partial charge in [0.05, 0.1) is 0 Å². The first-order valence-electron chi connectivity index (χ1n) is 5.86. The number of hydrogen-bond donors (Lipinski definition) is 0. The van der Waals surface area contributed by atoms with Crippen LogP contribution in [0.15, 0.2) is 24.5 Å². The Morgan fingerprint density at radius 3 is 2.38 bits per heavy atom. The Morgan fingerprint density at radius 2 is 1.81 bits per heavy atom. The Hall–Kier alpha value is -1.38. The summed E-state index contributed by atoms with van der Waals surface area (Å²) in [5.41, 5.74) is 0.747. The van der Waals surface area contributed by atoms with Crippen LogP contribution in [0.2, 0.25) is 0 Å². The van der Waals surface area contributed by atoms with Crippen LogP contribution in [0.4, 0.5) is 0 Å². The van der Waals surface area contributed by atoms with Crippen LogP contribution in [0.5, 0.6) is 0 Å². The minimum Gasteiger partial charge on any atom is -0.338 e. The summed E-state index contributed by atoms with van der Waals surface area (Å²) in [5.74, 6) is 1.35. The topological polar surface area (TPSA) is 33.2 Å². The molecule has 0 unspecified atom stereocenters. The molecule has 2 heterocycles. The van der Waals surface area contributed by atoms with Crippen LogP contribution in [0, 0.1) is 11.8 Å². The first-order valence-corrected chi connectivity index (χ1v) is 5.86. The average molecular weight is 218 g/mol. The largest absolute Gasteiger partial charge is 0.338 e. The lowest BCUT2D eigenvalue weighted by Crippen LogP contribution is -2.42. The summed E-state index contributed by atoms with van der Waals surface area (Å²) in [7, 11) is 0. The molecule has 2 atom stereocenters. The lowest BCUT2D eigenvalue weighted by molar-refractivity contribution is 0.0623. The monoisotopic (exact) mass is 218 g/mol. The van der Waals surface area contributed by atoms with Gasteiger partial charge >= 0.3 is 0 Å². The van der Waals surface area contributed by atoms with Gasteiger partial charge < -0.3 is 4.90 Å². The van der Waals surface area contributed by atoms with Gasteiger partial charge in [-0.1, -0.05) is 13.8 Å². The molecule has 16 heavy (non-hydrogen) atoms. The first-order chi connectivity index (χ1) is 7.66. The molecule has 86 valence electrons. The van der Waals surface area contributed by atoms with Gasteiger partial charge in [-0.15, -0.1) is 0 Å². The molecule has 2 rings (SSSR count). The second-order valence-corrected chi connectivity index (χ2v) is 4.89. The highest BCUT2D eigenvalue weighted by Gasteiger charge is 2.25. The fourth-order valence-electron chi connectivity index (χ4n) is 2.51. The SMILES string of the molecule is C[C@H]1C[C@H](C)CN(C(=O)c2ccncc2)C1. The molecule has 1 amide bonds. The van der Waals surface area contributed by atoms with Crippen molar-refractivity contribution >= 4 is 5.91 Å². The molecule has 0 aliphatic carbocycles. The van der Waals surface area contributed by atoms with Gasteiger partial charge in [0.2, 0.25) is 0 Å². The Kier molecular flexibility index (Phi) is 3.22. The third kappa shape index (κ3) is 2.40. The van der Waals surface area contributed by atoms with E-state index in [1.807, 2.05) is 4.90 Å². The summed E-state index contributed by atoms with van der Waals surface area (Å²) in [6.07, 6.45) is 4.56. The van der Waals surface area contributed by atoms with E-state index >= 15 is 0 Å². The number of likely N-dealkylation sites (tertiary alicyclic amines) is 1. The fourth-order valence-corrected chi connectivity index (χ4v) is 2.51. The molecular formula is C13H18N2O. The third-order valence-electron chi connectivity index (χ3n) is 3.08. The zero-order valence-corrected chi connectivity index (χ0v) is 9.89. The first kappa shape index (κ1) is 11.1. The Bertz CT molecular complexity index is 353. The maximum absolute atomic E-state index is 12.2. The van der Waals surface area contributed by atoms with Gasteiger partial charge in [-0.3, -0.25) is 9.78 Å². The number of aromatic nitrogens is 1. The van der Waals surface area contributed by atoms with Crippen LogP contribution in [0.25, 0.3) is 0 Å². The minimum absolute atomic E-state index is 0.140. The molecular weight excluding hydrogens is 200 g/mol. The molecule has 0 saturated carbocycles. The van der Waals surface area contributed by atoms with Gasteiger partial charge in [0.15, 0.2) is 0 Å². The standard InChI is InChI=1S/C13H18N2O/c1-10-7-11(2)9-15(8-10)13(16)12-3-5-14-6-4-12/h3-6,10-11H,7-9H2,1-2H3/t10-,11-/m0/s1. The summed E-state index contributed by atoms with van der Waals surface area (Å²) in [4.78, 5) is 18.1. The van der Waals surface area contributed by atoms with Crippen LogP contribution in [-0.2, 0) is 0 Å². The zero-order valence-electron chi connectivity index (χ0n) is 9.89. The smallest absolute Gasteiger partial charge is 0.253 e. The van der Waals surface area contributed by atoms with E-state index in [0.717, 1.165) is 18.7 Å². The van der Waals surface area contributed by atoms with Gasteiger partial charge in [-0.25, -0.2) is 0 Å². The van der Waals surface area contributed by atoms with Gasteiger partial charge in [0.25, 0.3) is 5.91 Å². The number of piperidine rings is 1. The minimum atomic E-state index is 0.140. The molecule has 1 aliphatic heterocycles. The molecule has 3 heteroatoms. The summed E-state index contributed by atoms with van der Waals surface area (Å²) in [6, 6.07) is 3.57. The average Bonchev–Trinajstić information content (AvgIpc) is 2.28. The van der Waals surface area contributed by atoms with E-state index in [1.54, 1.807) is 24.5 Å². The van der Waals surface area contributed by atoms with Crippen molar-refractivity contribution in [3.05, 3.63) is 30.1 Å². The highest BCUT2D eigenvalue weighted by atomic mass is 16.2. The van der Waals surface area contributed by atoms with Crippen LogP contribution in [0.1, 0.15) is 30.6 Å². The molecule has 0 N–H and O–H groups in total. The van der Waals surface area contributed by atoms with E-state index in [4.69, 9.17) is 0 Å². The number of carbonyl (C=O) groups excluding carboxylic acids is 1. The maximum atomic E-state index is 12.2. The Morgan fingerprint density at radius 1 is 1.25 bits per heavy atom. The van der Waals surface area contributed by atoms with Crippen molar-refractivity contribution < 1.29 is 4.79 Å². The third-order valence-corrected chi connectivity index (χ3v) is 3.08. The van der Waals surface area contributed by atoms with E-state index in [0.29, 0.717) is 11.8 Å². The molecule has 1 aliphatic rings. The molecule has 3 nitrogen and oxygen atoms in total. The normalized spacial score (nSPS) is 25.5. The second-order valence-electron chi connectivity index (χ2n) is 4.89. The van der Waals surface area contributed by atoms with Crippen molar-refractivity contribution in [2.24, 2.45) is 11.8 Å². The number of pyridine rings is 1. The second kappa shape index (κ2) is 4.64. The highest BCUT2D eigenvalue weighted by molar-refractivity contribution is 5.94. The van der Waals surface area contributed by atoms with Crippen molar-refractivity contribution in [2.45, 2.75) is 20.3 Å². The summed E-state index contributed by atoms with van der Waals surface area (Å²) in [5, 5.41) is 0. The van der Waals surface area contributed by atoms with Crippen molar-refractivity contribution in [2.75, 3.05) is 13.1 Å². The van der Waals surface area contributed by atoms with Crippen LogP contribution < -0.4 is 0 Å². The molecule has 0 aromatic carbocycles. The summed E-state index contributed by atoms with van der Waals surface area (Å²) in [6.45, 7) is 6.18. The van der Waals surface area contributed by atoms with E-state index in [-0.39, 0.29) is 5.91 Å². The molecule has 1 aromatic rings. The van der Waals surface area contributed by atoms with Gasteiger partial charge in [-0.05, 0) is 30.4 Å². The Labute approximate surface area is 96.5 Å². The van der Waals surface area contributed by atoms with Gasteiger partial charge in [0.1, 0.15) is 0 Å². The van der Waals surface area contributed by atoms with Crippen LogP contribution in [-0.4, -0.2) is 28.9 Å². The number of amides is 1. The number of carbonyl (C=O) groups is 1. The van der Waals surface area contributed by atoms with Crippen LogP contribution >= 0.6 is 0 Å². The van der Waals surface area contributed by atoms with Gasteiger partial charge in [-0.2, -0.15) is 0 Å². The lowest BCUT2D eigenvalue weighted by Gasteiger charge is -2.35. The number of nitrogens with zero attached hydrogens (tertiary/aromatic N) is 2. The maximum Gasteiger partial charge on any atom is 0.253 e. The van der Waals surface area contributed by atoms with Crippen LogP contribution in [0.3, 0.4) is 0 Å². The lowest BCUT2D eigenvalue weighted by atomic mass is 9.91. The predicted octanol–water partition coefficient (Wildman–Crippen LogP) is 2.20. The number of rotatable bonds is 1. The van der Waals surface area contributed by atoms with Gasteiger partial charge in [0, 0.05) is 31.0 Å². The van der Waals surface area contributed by atoms with Crippen molar-refractivity contribution in [3.63, 3.8) is 0 Å². The van der Waals surface area contributed by atoms with E-state index < -0.39 is 0 Å². The molecule has 1 fully saturated rings. The molecule has 0 radical (unpaired) electrons. The van der Waals surface area contributed by atoms with E-state index in [1.165, 1.54) is 6.42 Å². The quantitative estimate of drug-likeness (QED) is 0.724. The predicted molar refractivity (Wildman–Crippen MR) is 63.1 cm³/mol. The Balaban J connectivity index is 2.10. The summed E-state index contributed by atoms with van der Waals surface area (Å²) >= 11 is 0. The number of hydrogen-bond acceptors (Lipinski definition) is 2. The molecule has 1 aromatic heterocycles. The van der Waals surface area contributed by atoms with Crippen molar-refractivity contribution in [1.29, 1.82) is 0 Å². The van der Waals surface area contributed by atoms with Crippen molar-refractivity contribution in [1.82, 2.24) is 9.88 Å².